The molecule has 0 aliphatic carbocycles. The molecule has 0 aromatic rings. The van der Waals surface area contributed by atoms with Crippen molar-refractivity contribution in [2.75, 3.05) is 20.0 Å². The van der Waals surface area contributed by atoms with Crippen molar-refractivity contribution >= 4 is 0 Å². The van der Waals surface area contributed by atoms with E-state index in [1.807, 2.05) is 0 Å². The zero-order chi connectivity index (χ0) is 8.81. The molecule has 1 saturated heterocycles. The summed E-state index contributed by atoms with van der Waals surface area (Å²) >= 11 is 0. The van der Waals surface area contributed by atoms with E-state index >= 15 is 0 Å². The van der Waals surface area contributed by atoms with Gasteiger partial charge in [0, 0.05) is 5.92 Å². The molecule has 2 unspecified atom stereocenters. The van der Waals surface area contributed by atoms with Crippen molar-refractivity contribution < 1.29 is 14.2 Å². The molecule has 0 amide bonds. The van der Waals surface area contributed by atoms with Crippen molar-refractivity contribution in [1.82, 2.24) is 0 Å². The predicted molar refractivity (Wildman–Crippen MR) is 45.6 cm³/mol. The summed E-state index contributed by atoms with van der Waals surface area (Å²) in [7, 11) is 0. The molecule has 12 heavy (non-hydrogen) atoms. The van der Waals surface area contributed by atoms with Crippen molar-refractivity contribution in [1.29, 1.82) is 0 Å². The van der Waals surface area contributed by atoms with E-state index in [0.717, 1.165) is 13.0 Å². The van der Waals surface area contributed by atoms with Gasteiger partial charge in [0.05, 0.1) is 13.2 Å². The fraction of sp³-hybridized carbons (Fsp3) is 0.778. The molecule has 0 radical (unpaired) electrons. The van der Waals surface area contributed by atoms with Gasteiger partial charge in [-0.05, 0) is 6.42 Å². The molecular weight excluding hydrogens is 156 g/mol. The van der Waals surface area contributed by atoms with Crippen LogP contribution in [-0.4, -0.2) is 26.3 Å². The van der Waals surface area contributed by atoms with Crippen LogP contribution in [-0.2, 0) is 14.2 Å². The molecule has 1 fully saturated rings. The Balaban J connectivity index is 1.96. The second-order valence-electron chi connectivity index (χ2n) is 2.81. The van der Waals surface area contributed by atoms with Gasteiger partial charge in [0.2, 0.25) is 0 Å². The Morgan fingerprint density at radius 1 is 1.67 bits per heavy atom. The van der Waals surface area contributed by atoms with E-state index in [4.69, 9.17) is 14.2 Å². The lowest BCUT2D eigenvalue weighted by Gasteiger charge is -2.35. The summed E-state index contributed by atoms with van der Waals surface area (Å²) in [6.07, 6.45) is 2.76. The van der Waals surface area contributed by atoms with Crippen molar-refractivity contribution in [3.05, 3.63) is 12.7 Å². The van der Waals surface area contributed by atoms with E-state index in [1.54, 1.807) is 6.08 Å². The Kier molecular flexibility index (Phi) is 4.29. The maximum atomic E-state index is 5.29. The first kappa shape index (κ1) is 9.71. The fourth-order valence-electron chi connectivity index (χ4n) is 1.05. The van der Waals surface area contributed by atoms with Crippen LogP contribution in [0.5, 0.6) is 0 Å². The quantitative estimate of drug-likeness (QED) is 0.345. The zero-order valence-electron chi connectivity index (χ0n) is 7.49. The average Bonchev–Trinajstić information content (AvgIpc) is 2.03. The average molecular weight is 172 g/mol. The van der Waals surface area contributed by atoms with Gasteiger partial charge in [-0.2, -0.15) is 0 Å². The SMILES string of the molecule is C=CCOCOC1OCC1CC. The van der Waals surface area contributed by atoms with Crippen LogP contribution in [0.4, 0.5) is 0 Å². The summed E-state index contributed by atoms with van der Waals surface area (Å²) in [5.74, 6) is 0.553. The van der Waals surface area contributed by atoms with E-state index < -0.39 is 0 Å². The van der Waals surface area contributed by atoms with Crippen LogP contribution in [0.25, 0.3) is 0 Å². The van der Waals surface area contributed by atoms with Gasteiger partial charge in [-0.1, -0.05) is 13.0 Å². The van der Waals surface area contributed by atoms with Gasteiger partial charge in [-0.3, -0.25) is 0 Å². The van der Waals surface area contributed by atoms with Gasteiger partial charge < -0.3 is 14.2 Å². The topological polar surface area (TPSA) is 27.7 Å². The summed E-state index contributed by atoms with van der Waals surface area (Å²) in [4.78, 5) is 0. The molecule has 3 nitrogen and oxygen atoms in total. The highest BCUT2D eigenvalue weighted by Gasteiger charge is 2.31. The Morgan fingerprint density at radius 3 is 3.00 bits per heavy atom. The molecule has 70 valence electrons. The van der Waals surface area contributed by atoms with Gasteiger partial charge in [0.15, 0.2) is 6.29 Å². The van der Waals surface area contributed by atoms with Crippen molar-refractivity contribution in [3.8, 4) is 0 Å². The fourth-order valence-corrected chi connectivity index (χ4v) is 1.05. The monoisotopic (exact) mass is 172 g/mol. The van der Waals surface area contributed by atoms with Gasteiger partial charge in [-0.15, -0.1) is 6.58 Å². The predicted octanol–water partition coefficient (Wildman–Crippen LogP) is 1.55. The first-order valence-corrected chi connectivity index (χ1v) is 4.30. The number of hydrogen-bond donors (Lipinski definition) is 0. The highest BCUT2D eigenvalue weighted by Crippen LogP contribution is 2.23. The van der Waals surface area contributed by atoms with Crippen LogP contribution in [0.3, 0.4) is 0 Å². The van der Waals surface area contributed by atoms with Crippen molar-refractivity contribution in [2.24, 2.45) is 5.92 Å². The lowest BCUT2D eigenvalue weighted by molar-refractivity contribution is -0.285. The Labute approximate surface area is 73.3 Å². The summed E-state index contributed by atoms with van der Waals surface area (Å²) in [6, 6.07) is 0. The molecule has 2 atom stereocenters. The van der Waals surface area contributed by atoms with Gasteiger partial charge in [0.1, 0.15) is 6.79 Å². The van der Waals surface area contributed by atoms with Crippen LogP contribution in [0, 0.1) is 5.92 Å². The normalized spacial score (nSPS) is 28.1. The number of ether oxygens (including phenoxy) is 3. The lowest BCUT2D eigenvalue weighted by atomic mass is 10.0. The van der Waals surface area contributed by atoms with Crippen LogP contribution in [0.15, 0.2) is 12.7 Å². The third-order valence-corrected chi connectivity index (χ3v) is 1.94. The van der Waals surface area contributed by atoms with E-state index in [0.29, 0.717) is 19.3 Å². The van der Waals surface area contributed by atoms with Crippen LogP contribution in [0.1, 0.15) is 13.3 Å². The Morgan fingerprint density at radius 2 is 2.50 bits per heavy atom. The maximum Gasteiger partial charge on any atom is 0.165 e. The molecule has 0 N–H and O–H groups in total. The molecule has 0 aromatic heterocycles. The minimum absolute atomic E-state index is 0.0418. The summed E-state index contributed by atoms with van der Waals surface area (Å²) in [5, 5.41) is 0. The molecule has 0 aromatic carbocycles. The Hall–Kier alpha value is -0.380. The molecule has 1 aliphatic rings. The van der Waals surface area contributed by atoms with E-state index in [9.17, 15) is 0 Å². The third-order valence-electron chi connectivity index (χ3n) is 1.94. The third kappa shape index (κ3) is 2.59. The number of rotatable bonds is 6. The standard InChI is InChI=1S/C9H16O3/c1-3-5-10-7-12-9-8(4-2)6-11-9/h3,8-9H,1,4-7H2,2H3. The van der Waals surface area contributed by atoms with Gasteiger partial charge in [0.25, 0.3) is 0 Å². The largest absolute Gasteiger partial charge is 0.352 e. The summed E-state index contributed by atoms with van der Waals surface area (Å²) in [5.41, 5.74) is 0. The maximum absolute atomic E-state index is 5.29. The van der Waals surface area contributed by atoms with Gasteiger partial charge >= 0.3 is 0 Å². The number of hydrogen-bond acceptors (Lipinski definition) is 3. The summed E-state index contributed by atoms with van der Waals surface area (Å²) < 4.78 is 15.5. The first-order chi connectivity index (χ1) is 5.88. The van der Waals surface area contributed by atoms with Crippen molar-refractivity contribution in [2.45, 2.75) is 19.6 Å². The highest BCUT2D eigenvalue weighted by atomic mass is 16.8. The molecule has 3 heteroatoms. The molecule has 0 saturated carbocycles. The molecule has 1 rings (SSSR count). The summed E-state index contributed by atoms with van der Waals surface area (Å²) in [6.45, 7) is 7.32. The lowest BCUT2D eigenvalue weighted by Crippen LogP contribution is -2.41. The highest BCUT2D eigenvalue weighted by molar-refractivity contribution is 4.69. The zero-order valence-corrected chi connectivity index (χ0v) is 7.49. The smallest absolute Gasteiger partial charge is 0.165 e. The minimum atomic E-state index is -0.0418. The van der Waals surface area contributed by atoms with E-state index in [-0.39, 0.29) is 6.29 Å². The Bertz CT molecular complexity index is 134. The van der Waals surface area contributed by atoms with Crippen molar-refractivity contribution in [3.63, 3.8) is 0 Å². The minimum Gasteiger partial charge on any atom is -0.352 e. The second kappa shape index (κ2) is 5.30. The molecule has 1 aliphatic heterocycles. The molecule has 0 bridgehead atoms. The molecule has 0 spiro atoms. The first-order valence-electron chi connectivity index (χ1n) is 4.30. The van der Waals surface area contributed by atoms with Crippen LogP contribution in [0.2, 0.25) is 0 Å². The van der Waals surface area contributed by atoms with Crippen LogP contribution < -0.4 is 0 Å². The molecular formula is C9H16O3. The van der Waals surface area contributed by atoms with E-state index in [2.05, 4.69) is 13.5 Å². The molecule has 1 heterocycles. The second-order valence-corrected chi connectivity index (χ2v) is 2.81. The van der Waals surface area contributed by atoms with E-state index in [1.165, 1.54) is 0 Å². The van der Waals surface area contributed by atoms with Crippen LogP contribution >= 0.6 is 0 Å². The van der Waals surface area contributed by atoms with Gasteiger partial charge in [-0.25, -0.2) is 0 Å².